The van der Waals surface area contributed by atoms with Gasteiger partial charge < -0.3 is 4.74 Å². The maximum atomic E-state index is 10.5. The van der Waals surface area contributed by atoms with E-state index in [1.807, 2.05) is 6.07 Å². The normalized spacial score (nSPS) is 15.5. The van der Waals surface area contributed by atoms with Crippen molar-refractivity contribution in [3.63, 3.8) is 0 Å². The Balaban J connectivity index is 2.22. The van der Waals surface area contributed by atoms with Gasteiger partial charge in [-0.15, -0.1) is 0 Å². The lowest BCUT2D eigenvalue weighted by Crippen LogP contribution is -1.98. The topological polar surface area (TPSA) is 39.2 Å². The Hall–Kier alpha value is -0.650. The number of carbonyl (C=O) groups excluding carboxylic acids is 1. The fraction of sp³-hybridized carbons (Fsp3) is 0.333. The summed E-state index contributed by atoms with van der Waals surface area (Å²) in [6.45, 7) is 0. The third-order valence-electron chi connectivity index (χ3n) is 1.74. The molecule has 0 N–H and O–H groups in total. The van der Waals surface area contributed by atoms with E-state index >= 15 is 0 Å². The summed E-state index contributed by atoms with van der Waals surface area (Å²) in [5.41, 5.74) is 0.433. The molecule has 0 amide bonds. The molecule has 1 aliphatic rings. The van der Waals surface area contributed by atoms with Crippen LogP contribution in [0.1, 0.15) is 23.3 Å². The first-order valence-electron chi connectivity index (χ1n) is 4.07. The van der Waals surface area contributed by atoms with E-state index in [1.165, 1.54) is 0 Å². The van der Waals surface area contributed by atoms with Crippen molar-refractivity contribution in [3.05, 3.63) is 21.5 Å². The fourth-order valence-electron chi connectivity index (χ4n) is 0.999. The molecule has 0 spiro atoms. The van der Waals surface area contributed by atoms with Crippen LogP contribution >= 0.6 is 22.6 Å². The van der Waals surface area contributed by atoms with Crippen LogP contribution in [0.4, 0.5) is 0 Å². The van der Waals surface area contributed by atoms with Gasteiger partial charge in [0.1, 0.15) is 15.1 Å². The molecule has 0 radical (unpaired) electrons. The van der Waals surface area contributed by atoms with Gasteiger partial charge >= 0.3 is 0 Å². The Kier molecular flexibility index (Phi) is 2.48. The number of carbonyl (C=O) groups is 1. The van der Waals surface area contributed by atoms with Gasteiger partial charge in [-0.25, -0.2) is 4.98 Å². The highest BCUT2D eigenvalue weighted by molar-refractivity contribution is 14.1. The quantitative estimate of drug-likeness (QED) is 0.485. The predicted molar refractivity (Wildman–Crippen MR) is 56.0 cm³/mol. The summed E-state index contributed by atoms with van der Waals surface area (Å²) in [6.07, 6.45) is 3.34. The summed E-state index contributed by atoms with van der Waals surface area (Å²) >= 11 is 2.07. The molecule has 13 heavy (non-hydrogen) atoms. The molecule has 4 heteroatoms. The van der Waals surface area contributed by atoms with Gasteiger partial charge in [0.05, 0.1) is 6.10 Å². The second-order valence-corrected chi connectivity index (χ2v) is 4.09. The Labute approximate surface area is 89.6 Å². The van der Waals surface area contributed by atoms with Gasteiger partial charge in [-0.05, 0) is 35.4 Å². The smallest absolute Gasteiger partial charge is 0.168 e. The molecular weight excluding hydrogens is 281 g/mol. The summed E-state index contributed by atoms with van der Waals surface area (Å²) in [5, 5.41) is 0. The molecule has 1 aromatic rings. The molecule has 68 valence electrons. The minimum atomic E-state index is 0.359. The van der Waals surface area contributed by atoms with E-state index in [0.29, 0.717) is 11.8 Å². The minimum Gasteiger partial charge on any atom is -0.490 e. The lowest BCUT2D eigenvalue weighted by molar-refractivity contribution is 0.111. The van der Waals surface area contributed by atoms with Crippen molar-refractivity contribution in [2.24, 2.45) is 0 Å². The number of rotatable bonds is 3. The second-order valence-electron chi connectivity index (χ2n) is 2.99. The van der Waals surface area contributed by atoms with Crippen LogP contribution in [0.25, 0.3) is 0 Å². The average Bonchev–Trinajstić information content (AvgIpc) is 2.87. The molecule has 1 aromatic heterocycles. The van der Waals surface area contributed by atoms with Crippen LogP contribution in [-0.2, 0) is 0 Å². The Morgan fingerprint density at radius 2 is 2.31 bits per heavy atom. The van der Waals surface area contributed by atoms with Crippen molar-refractivity contribution in [1.29, 1.82) is 0 Å². The monoisotopic (exact) mass is 289 g/mol. The summed E-state index contributed by atoms with van der Waals surface area (Å²) in [4.78, 5) is 14.5. The molecule has 0 aromatic carbocycles. The van der Waals surface area contributed by atoms with Crippen LogP contribution < -0.4 is 4.74 Å². The van der Waals surface area contributed by atoms with Gasteiger partial charge in [0, 0.05) is 12.1 Å². The van der Waals surface area contributed by atoms with Crippen molar-refractivity contribution in [1.82, 2.24) is 4.98 Å². The molecule has 0 atom stereocenters. The number of nitrogens with zero attached hydrogens (tertiary/aromatic N) is 1. The third-order valence-corrected chi connectivity index (χ3v) is 2.29. The molecule has 0 bridgehead atoms. The Bertz CT molecular complexity index is 336. The first-order valence-corrected chi connectivity index (χ1v) is 5.15. The maximum Gasteiger partial charge on any atom is 0.168 e. The molecule has 0 aliphatic heterocycles. The van der Waals surface area contributed by atoms with Crippen LogP contribution in [-0.4, -0.2) is 17.4 Å². The van der Waals surface area contributed by atoms with E-state index in [1.54, 1.807) is 6.07 Å². The van der Waals surface area contributed by atoms with Crippen LogP contribution in [0.2, 0.25) is 0 Å². The van der Waals surface area contributed by atoms with Gasteiger partial charge in [-0.3, -0.25) is 4.79 Å². The van der Waals surface area contributed by atoms with Crippen LogP contribution in [0.3, 0.4) is 0 Å². The van der Waals surface area contributed by atoms with Gasteiger partial charge in [0.25, 0.3) is 0 Å². The van der Waals surface area contributed by atoms with Crippen LogP contribution in [0.15, 0.2) is 12.1 Å². The Morgan fingerprint density at radius 3 is 2.92 bits per heavy atom. The molecular formula is C9H8INO2. The number of aromatic nitrogens is 1. The van der Waals surface area contributed by atoms with Crippen LogP contribution in [0, 0.1) is 3.70 Å². The van der Waals surface area contributed by atoms with Gasteiger partial charge in [0.15, 0.2) is 6.29 Å². The zero-order valence-electron chi connectivity index (χ0n) is 6.87. The number of ether oxygens (including phenoxy) is 1. The molecule has 1 heterocycles. The molecule has 0 unspecified atom stereocenters. The predicted octanol–water partition coefficient (Wildman–Crippen LogP) is 2.04. The minimum absolute atomic E-state index is 0.359. The van der Waals surface area contributed by atoms with Crippen molar-refractivity contribution < 1.29 is 9.53 Å². The van der Waals surface area contributed by atoms with Crippen molar-refractivity contribution in [3.8, 4) is 5.75 Å². The van der Waals surface area contributed by atoms with E-state index in [2.05, 4.69) is 27.6 Å². The maximum absolute atomic E-state index is 10.5. The lowest BCUT2D eigenvalue weighted by Gasteiger charge is -2.04. The van der Waals surface area contributed by atoms with E-state index < -0.39 is 0 Å². The highest BCUT2D eigenvalue weighted by Crippen LogP contribution is 2.27. The number of aldehydes is 1. The van der Waals surface area contributed by atoms with Gasteiger partial charge in [0.2, 0.25) is 0 Å². The van der Waals surface area contributed by atoms with E-state index in [-0.39, 0.29) is 0 Å². The fourth-order valence-corrected chi connectivity index (χ4v) is 1.58. The summed E-state index contributed by atoms with van der Waals surface area (Å²) < 4.78 is 6.33. The molecule has 1 aliphatic carbocycles. The highest BCUT2D eigenvalue weighted by atomic mass is 127. The first-order chi connectivity index (χ1) is 6.28. The Morgan fingerprint density at radius 1 is 1.54 bits per heavy atom. The SMILES string of the molecule is O=Cc1cc(OC2CC2)cc(I)n1. The summed E-state index contributed by atoms with van der Waals surface area (Å²) in [5.74, 6) is 0.754. The van der Waals surface area contributed by atoms with Crippen LogP contribution in [0.5, 0.6) is 5.75 Å². The molecule has 1 fully saturated rings. The largest absolute Gasteiger partial charge is 0.490 e. The van der Waals surface area contributed by atoms with Gasteiger partial charge in [-0.1, -0.05) is 0 Å². The number of pyridine rings is 1. The van der Waals surface area contributed by atoms with Gasteiger partial charge in [-0.2, -0.15) is 0 Å². The lowest BCUT2D eigenvalue weighted by atomic mass is 10.3. The third kappa shape index (κ3) is 2.40. The zero-order valence-corrected chi connectivity index (χ0v) is 9.02. The van der Waals surface area contributed by atoms with Crippen molar-refractivity contribution in [2.45, 2.75) is 18.9 Å². The number of halogens is 1. The van der Waals surface area contributed by atoms with Crippen molar-refractivity contribution >= 4 is 28.9 Å². The highest BCUT2D eigenvalue weighted by Gasteiger charge is 2.23. The van der Waals surface area contributed by atoms with Crippen molar-refractivity contribution in [2.75, 3.05) is 0 Å². The average molecular weight is 289 g/mol. The summed E-state index contributed by atoms with van der Waals surface area (Å²) in [7, 11) is 0. The van der Waals surface area contributed by atoms with E-state index in [4.69, 9.17) is 4.74 Å². The number of hydrogen-bond donors (Lipinski definition) is 0. The van der Waals surface area contributed by atoms with E-state index in [0.717, 1.165) is 28.6 Å². The molecule has 3 nitrogen and oxygen atoms in total. The molecule has 1 saturated carbocycles. The first kappa shape index (κ1) is 8.93. The van der Waals surface area contributed by atoms with E-state index in [9.17, 15) is 4.79 Å². The zero-order chi connectivity index (χ0) is 9.26. The molecule has 0 saturated heterocycles. The molecule has 2 rings (SSSR count). The standard InChI is InChI=1S/C9H8INO2/c10-9-4-8(13-7-1-2-7)3-6(5-12)11-9/h3-5,7H,1-2H2. The number of hydrogen-bond acceptors (Lipinski definition) is 3. The summed E-state index contributed by atoms with van der Waals surface area (Å²) in [6, 6.07) is 3.51. The second kappa shape index (κ2) is 3.61.